The molecule has 3 aromatic carbocycles. The molecule has 2 N–H and O–H groups in total. The summed E-state index contributed by atoms with van der Waals surface area (Å²) in [6.45, 7) is 1.79. The molecule has 0 aromatic heterocycles. The molecule has 0 spiro atoms. The third kappa shape index (κ3) is 4.50. The van der Waals surface area contributed by atoms with Gasteiger partial charge in [0.25, 0.3) is 0 Å². The van der Waals surface area contributed by atoms with Gasteiger partial charge in [-0.25, -0.2) is 0 Å². The average Bonchev–Trinajstić information content (AvgIpc) is 2.66. The fraction of sp³-hybridized carbons (Fsp3) is 0.238. The summed E-state index contributed by atoms with van der Waals surface area (Å²) >= 11 is 0. The average molecular weight is 337 g/mol. The van der Waals surface area contributed by atoms with E-state index in [1.165, 1.54) is 16.3 Å². The summed E-state index contributed by atoms with van der Waals surface area (Å²) in [5.74, 6) is 1.33. The Labute approximate surface area is 148 Å². The number of nitrogens with one attached hydrogen (secondary N) is 1. The minimum absolute atomic E-state index is 0.0157. The fourth-order valence-electron chi connectivity index (χ4n) is 2.80. The second-order valence-corrected chi connectivity index (χ2v) is 5.84. The van der Waals surface area contributed by atoms with Crippen molar-refractivity contribution in [2.24, 2.45) is 0 Å². The van der Waals surface area contributed by atoms with Gasteiger partial charge in [0.15, 0.2) is 11.5 Å². The maximum atomic E-state index is 8.86. The first-order valence-corrected chi connectivity index (χ1v) is 8.39. The molecular formula is C21H23NO3. The van der Waals surface area contributed by atoms with E-state index in [1.54, 1.807) is 7.11 Å². The Balaban J connectivity index is 1.60. The number of benzene rings is 3. The summed E-state index contributed by atoms with van der Waals surface area (Å²) in [4.78, 5) is 0. The van der Waals surface area contributed by atoms with Crippen LogP contribution < -0.4 is 14.8 Å². The summed E-state index contributed by atoms with van der Waals surface area (Å²) in [7, 11) is 1.62. The first-order chi connectivity index (χ1) is 12.3. The standard InChI is InChI=1S/C21H23NO3/c1-24-21-13-17(7-9-20(21)25-11-10-23)15-22-14-16-6-8-18-4-2-3-5-19(18)12-16/h2-9,12-13,22-23H,10-11,14-15H2,1H3. The third-order valence-corrected chi connectivity index (χ3v) is 4.05. The van der Waals surface area contributed by atoms with E-state index in [0.717, 1.165) is 18.7 Å². The van der Waals surface area contributed by atoms with Crippen LogP contribution in [0.3, 0.4) is 0 Å². The van der Waals surface area contributed by atoms with Gasteiger partial charge < -0.3 is 19.9 Å². The van der Waals surface area contributed by atoms with Crippen molar-refractivity contribution in [3.63, 3.8) is 0 Å². The number of rotatable bonds is 8. The molecule has 0 unspecified atom stereocenters. The van der Waals surface area contributed by atoms with Crippen molar-refractivity contribution in [3.8, 4) is 11.5 Å². The van der Waals surface area contributed by atoms with Crippen molar-refractivity contribution in [2.45, 2.75) is 13.1 Å². The van der Waals surface area contributed by atoms with E-state index in [0.29, 0.717) is 11.5 Å². The number of fused-ring (bicyclic) bond motifs is 1. The number of hydrogen-bond acceptors (Lipinski definition) is 4. The van der Waals surface area contributed by atoms with Crippen LogP contribution in [0, 0.1) is 0 Å². The molecular weight excluding hydrogens is 314 g/mol. The number of aliphatic hydroxyl groups excluding tert-OH is 1. The molecule has 0 atom stereocenters. The van der Waals surface area contributed by atoms with Crippen LogP contribution >= 0.6 is 0 Å². The van der Waals surface area contributed by atoms with Gasteiger partial charge >= 0.3 is 0 Å². The Morgan fingerprint density at radius 3 is 2.32 bits per heavy atom. The lowest BCUT2D eigenvalue weighted by atomic mass is 10.1. The van der Waals surface area contributed by atoms with E-state index in [4.69, 9.17) is 14.6 Å². The largest absolute Gasteiger partial charge is 0.493 e. The van der Waals surface area contributed by atoms with Crippen LogP contribution in [0.15, 0.2) is 60.7 Å². The quantitative estimate of drug-likeness (QED) is 0.660. The van der Waals surface area contributed by atoms with Crippen molar-refractivity contribution in [1.82, 2.24) is 5.32 Å². The van der Waals surface area contributed by atoms with Gasteiger partial charge in [0.2, 0.25) is 0 Å². The van der Waals surface area contributed by atoms with Crippen molar-refractivity contribution in [2.75, 3.05) is 20.3 Å². The van der Waals surface area contributed by atoms with Gasteiger partial charge in [-0.3, -0.25) is 0 Å². The zero-order valence-electron chi connectivity index (χ0n) is 14.4. The highest BCUT2D eigenvalue weighted by Gasteiger charge is 2.06. The minimum Gasteiger partial charge on any atom is -0.493 e. The molecule has 0 aliphatic carbocycles. The molecule has 4 nitrogen and oxygen atoms in total. The van der Waals surface area contributed by atoms with Gasteiger partial charge in [0.1, 0.15) is 6.61 Å². The molecule has 0 radical (unpaired) electrons. The van der Waals surface area contributed by atoms with E-state index in [-0.39, 0.29) is 13.2 Å². The van der Waals surface area contributed by atoms with Crippen LogP contribution in [0.1, 0.15) is 11.1 Å². The summed E-state index contributed by atoms with van der Waals surface area (Å²) in [5.41, 5.74) is 2.38. The normalized spacial score (nSPS) is 10.8. The summed E-state index contributed by atoms with van der Waals surface area (Å²) in [6, 6.07) is 20.7. The van der Waals surface area contributed by atoms with Gasteiger partial charge in [-0.1, -0.05) is 42.5 Å². The first kappa shape index (κ1) is 17.3. The molecule has 0 bridgehead atoms. The predicted molar refractivity (Wildman–Crippen MR) is 100 cm³/mol. The Kier molecular flexibility index (Phi) is 5.88. The third-order valence-electron chi connectivity index (χ3n) is 4.05. The topological polar surface area (TPSA) is 50.7 Å². The maximum Gasteiger partial charge on any atom is 0.161 e. The van der Waals surface area contributed by atoms with Crippen LogP contribution in [0.5, 0.6) is 11.5 Å². The van der Waals surface area contributed by atoms with E-state index in [2.05, 4.69) is 47.8 Å². The zero-order chi connectivity index (χ0) is 17.5. The number of aliphatic hydroxyl groups is 1. The molecule has 0 heterocycles. The van der Waals surface area contributed by atoms with E-state index >= 15 is 0 Å². The molecule has 0 aliphatic rings. The van der Waals surface area contributed by atoms with E-state index < -0.39 is 0 Å². The lowest BCUT2D eigenvalue weighted by Crippen LogP contribution is -2.13. The number of methoxy groups -OCH3 is 1. The highest BCUT2D eigenvalue weighted by Crippen LogP contribution is 2.28. The second kappa shape index (κ2) is 8.51. The summed E-state index contributed by atoms with van der Waals surface area (Å²) < 4.78 is 10.8. The zero-order valence-corrected chi connectivity index (χ0v) is 14.4. The lowest BCUT2D eigenvalue weighted by molar-refractivity contribution is 0.196. The molecule has 0 fully saturated rings. The van der Waals surface area contributed by atoms with E-state index in [1.807, 2.05) is 18.2 Å². The number of ether oxygens (including phenoxy) is 2. The van der Waals surface area contributed by atoms with Crippen LogP contribution in [-0.2, 0) is 13.1 Å². The Morgan fingerprint density at radius 2 is 1.56 bits per heavy atom. The smallest absolute Gasteiger partial charge is 0.161 e. The van der Waals surface area contributed by atoms with Crippen molar-refractivity contribution < 1.29 is 14.6 Å². The Hall–Kier alpha value is -2.56. The SMILES string of the molecule is COc1cc(CNCc2ccc3ccccc3c2)ccc1OCCO. The molecule has 3 aromatic rings. The van der Waals surface area contributed by atoms with Gasteiger partial charge in [-0.15, -0.1) is 0 Å². The molecule has 0 amide bonds. The van der Waals surface area contributed by atoms with Gasteiger partial charge in [0, 0.05) is 13.1 Å². The van der Waals surface area contributed by atoms with Gasteiger partial charge in [-0.2, -0.15) is 0 Å². The monoisotopic (exact) mass is 337 g/mol. The molecule has 0 saturated carbocycles. The van der Waals surface area contributed by atoms with Crippen molar-refractivity contribution in [1.29, 1.82) is 0 Å². The highest BCUT2D eigenvalue weighted by molar-refractivity contribution is 5.82. The van der Waals surface area contributed by atoms with Crippen LogP contribution in [0.2, 0.25) is 0 Å². The van der Waals surface area contributed by atoms with Crippen LogP contribution in [0.25, 0.3) is 10.8 Å². The fourth-order valence-corrected chi connectivity index (χ4v) is 2.80. The van der Waals surface area contributed by atoms with Crippen LogP contribution in [-0.4, -0.2) is 25.4 Å². The molecule has 0 aliphatic heterocycles. The summed E-state index contributed by atoms with van der Waals surface area (Å²) in [5, 5.41) is 14.8. The molecule has 4 heteroatoms. The molecule has 0 saturated heterocycles. The number of hydrogen-bond donors (Lipinski definition) is 2. The van der Waals surface area contributed by atoms with Crippen molar-refractivity contribution in [3.05, 3.63) is 71.8 Å². The Bertz CT molecular complexity index is 832. The van der Waals surface area contributed by atoms with Crippen LogP contribution in [0.4, 0.5) is 0 Å². The molecule has 130 valence electrons. The van der Waals surface area contributed by atoms with E-state index in [9.17, 15) is 0 Å². The minimum atomic E-state index is -0.0157. The first-order valence-electron chi connectivity index (χ1n) is 8.39. The van der Waals surface area contributed by atoms with Gasteiger partial charge in [-0.05, 0) is 40.1 Å². The summed E-state index contributed by atoms with van der Waals surface area (Å²) in [6.07, 6.45) is 0. The van der Waals surface area contributed by atoms with Gasteiger partial charge in [0.05, 0.1) is 13.7 Å². The Morgan fingerprint density at radius 1 is 0.840 bits per heavy atom. The highest BCUT2D eigenvalue weighted by atomic mass is 16.5. The van der Waals surface area contributed by atoms with Crippen molar-refractivity contribution >= 4 is 10.8 Å². The second-order valence-electron chi connectivity index (χ2n) is 5.84. The molecule has 3 rings (SSSR count). The maximum absolute atomic E-state index is 8.86. The predicted octanol–water partition coefficient (Wildman–Crippen LogP) is 3.51. The lowest BCUT2D eigenvalue weighted by Gasteiger charge is -2.12. The molecule has 25 heavy (non-hydrogen) atoms.